The van der Waals surface area contributed by atoms with Gasteiger partial charge in [0.2, 0.25) is 5.06 Å². The van der Waals surface area contributed by atoms with E-state index in [4.69, 9.17) is 14.2 Å². The van der Waals surface area contributed by atoms with Crippen molar-refractivity contribution in [3.05, 3.63) is 59.5 Å². The number of anilines is 1. The molecule has 1 saturated heterocycles. The summed E-state index contributed by atoms with van der Waals surface area (Å²) >= 11 is 0.884. The van der Waals surface area contributed by atoms with Crippen LogP contribution in [-0.4, -0.2) is 71.0 Å². The SMILES string of the molecule is O=C(O)c1nccc(Oc2cnc(NC(=O)C(OC3CCOCC3)c3ccc(S(=O)(=O)C4CC4)cc3)s2)c1C(=O)O. The van der Waals surface area contributed by atoms with E-state index >= 15 is 0 Å². The summed E-state index contributed by atoms with van der Waals surface area (Å²) in [4.78, 5) is 44.4. The molecule has 0 radical (unpaired) electrons. The summed E-state index contributed by atoms with van der Waals surface area (Å²) in [6, 6.07) is 7.29. The van der Waals surface area contributed by atoms with Crippen molar-refractivity contribution in [1.82, 2.24) is 9.97 Å². The molecule has 1 atom stereocenters. The third-order valence-electron chi connectivity index (χ3n) is 6.46. The van der Waals surface area contributed by atoms with Crippen LogP contribution in [0.2, 0.25) is 0 Å². The highest BCUT2D eigenvalue weighted by atomic mass is 32.2. The Bertz CT molecular complexity index is 1560. The van der Waals surface area contributed by atoms with Gasteiger partial charge in [-0.25, -0.2) is 28.0 Å². The Kier molecular flexibility index (Phi) is 8.30. The molecular formula is C26H25N3O10S2. The predicted octanol–water partition coefficient (Wildman–Crippen LogP) is 3.54. The van der Waals surface area contributed by atoms with E-state index in [0.717, 1.165) is 17.5 Å². The van der Waals surface area contributed by atoms with E-state index in [-0.39, 0.29) is 32.2 Å². The Morgan fingerprint density at radius 1 is 1.00 bits per heavy atom. The molecular weight excluding hydrogens is 578 g/mol. The first kappa shape index (κ1) is 28.6. The maximum absolute atomic E-state index is 13.4. The zero-order chi connectivity index (χ0) is 29.1. The van der Waals surface area contributed by atoms with Gasteiger partial charge in [-0.3, -0.25) is 10.1 Å². The molecule has 0 bridgehead atoms. The largest absolute Gasteiger partial charge is 0.477 e. The van der Waals surface area contributed by atoms with Crippen LogP contribution in [0.3, 0.4) is 0 Å². The number of carboxylic acid groups (broad SMARTS) is 2. The number of aromatic carboxylic acids is 2. The van der Waals surface area contributed by atoms with Gasteiger partial charge in [0.25, 0.3) is 5.91 Å². The van der Waals surface area contributed by atoms with Gasteiger partial charge in [-0.05, 0) is 43.4 Å². The number of nitrogens with zero attached hydrogens (tertiary/aromatic N) is 2. The van der Waals surface area contributed by atoms with E-state index in [1.54, 1.807) is 12.1 Å². The molecule has 5 rings (SSSR count). The summed E-state index contributed by atoms with van der Waals surface area (Å²) < 4.78 is 42.3. The quantitative estimate of drug-likeness (QED) is 0.289. The molecule has 1 unspecified atom stereocenters. The molecule has 15 heteroatoms. The maximum Gasteiger partial charge on any atom is 0.355 e. The fraction of sp³-hybridized carbons (Fsp3) is 0.346. The number of nitrogens with one attached hydrogen (secondary N) is 1. The standard InChI is InChI=1S/C26H25N3O10S2/c30-23(29-26-28-13-19(40-26)39-18-7-10-27-21(25(33)34)20(18)24(31)32)22(38-15-8-11-37-12-9-15)14-1-3-16(4-2-14)41(35,36)17-5-6-17/h1-4,7,10,13,15,17,22H,5-6,8-9,11-12H2,(H,31,32)(H,33,34)(H,28,29,30). The second-order valence-electron chi connectivity index (χ2n) is 9.36. The first-order valence-electron chi connectivity index (χ1n) is 12.6. The number of ether oxygens (including phenoxy) is 3. The summed E-state index contributed by atoms with van der Waals surface area (Å²) in [5.74, 6) is -3.88. The maximum atomic E-state index is 13.4. The Morgan fingerprint density at radius 2 is 1.71 bits per heavy atom. The third kappa shape index (κ3) is 6.53. The number of sulfone groups is 1. The molecule has 216 valence electrons. The average Bonchev–Trinajstić information content (AvgIpc) is 3.74. The van der Waals surface area contributed by atoms with Gasteiger partial charge in [-0.2, -0.15) is 0 Å². The van der Waals surface area contributed by atoms with Gasteiger partial charge >= 0.3 is 11.9 Å². The van der Waals surface area contributed by atoms with E-state index in [0.29, 0.717) is 44.5 Å². The van der Waals surface area contributed by atoms with Crippen LogP contribution >= 0.6 is 11.3 Å². The molecule has 1 aliphatic carbocycles. The summed E-state index contributed by atoms with van der Waals surface area (Å²) in [6.45, 7) is 0.976. The van der Waals surface area contributed by atoms with Crippen molar-refractivity contribution in [3.63, 3.8) is 0 Å². The molecule has 1 aromatic carbocycles. The van der Waals surface area contributed by atoms with Gasteiger partial charge < -0.3 is 24.4 Å². The molecule has 1 amide bonds. The molecule has 2 fully saturated rings. The lowest BCUT2D eigenvalue weighted by Gasteiger charge is -2.27. The van der Waals surface area contributed by atoms with E-state index in [2.05, 4.69) is 15.3 Å². The number of aromatic nitrogens is 2. The molecule has 3 N–H and O–H groups in total. The number of hydrogen-bond acceptors (Lipinski definition) is 11. The van der Waals surface area contributed by atoms with Crippen LogP contribution in [0.15, 0.2) is 47.6 Å². The lowest BCUT2D eigenvalue weighted by Crippen LogP contribution is -2.31. The molecule has 2 aromatic heterocycles. The minimum atomic E-state index is -3.40. The Labute approximate surface area is 238 Å². The summed E-state index contributed by atoms with van der Waals surface area (Å²) in [5, 5.41) is 21.3. The number of pyridine rings is 1. The fourth-order valence-corrected chi connectivity index (χ4v) is 6.58. The lowest BCUT2D eigenvalue weighted by atomic mass is 10.1. The van der Waals surface area contributed by atoms with Crippen LogP contribution in [0.4, 0.5) is 5.13 Å². The van der Waals surface area contributed by atoms with Crippen molar-refractivity contribution in [3.8, 4) is 10.8 Å². The first-order chi connectivity index (χ1) is 19.6. The van der Waals surface area contributed by atoms with Gasteiger partial charge in [-0.15, -0.1) is 0 Å². The van der Waals surface area contributed by atoms with Gasteiger partial charge in [0.15, 0.2) is 26.8 Å². The van der Waals surface area contributed by atoms with Crippen molar-refractivity contribution >= 4 is 44.2 Å². The molecule has 1 aliphatic heterocycles. The highest BCUT2D eigenvalue weighted by Gasteiger charge is 2.37. The number of carbonyl (C=O) groups is 3. The fourth-order valence-electron chi connectivity index (χ4n) is 4.24. The number of thiazole rings is 1. The van der Waals surface area contributed by atoms with Gasteiger partial charge in [-0.1, -0.05) is 23.5 Å². The summed E-state index contributed by atoms with van der Waals surface area (Å²) in [6.07, 6.45) is 3.47. The van der Waals surface area contributed by atoms with Crippen LogP contribution in [0, 0.1) is 0 Å². The first-order valence-corrected chi connectivity index (χ1v) is 15.0. The topological polar surface area (TPSA) is 191 Å². The van der Waals surface area contributed by atoms with Crippen LogP contribution in [0.1, 0.15) is 58.2 Å². The van der Waals surface area contributed by atoms with Crippen LogP contribution < -0.4 is 10.1 Å². The Hall–Kier alpha value is -3.92. The summed E-state index contributed by atoms with van der Waals surface area (Å²) in [5.41, 5.74) is -0.853. The Morgan fingerprint density at radius 3 is 2.34 bits per heavy atom. The highest BCUT2D eigenvalue weighted by molar-refractivity contribution is 7.92. The average molecular weight is 604 g/mol. The Balaban J connectivity index is 1.34. The van der Waals surface area contributed by atoms with Crippen molar-refractivity contribution in [2.45, 2.75) is 48.0 Å². The minimum absolute atomic E-state index is 0.0851. The summed E-state index contributed by atoms with van der Waals surface area (Å²) in [7, 11) is -3.40. The molecule has 41 heavy (non-hydrogen) atoms. The van der Waals surface area contributed by atoms with Crippen molar-refractivity contribution in [2.24, 2.45) is 0 Å². The number of benzene rings is 1. The number of carbonyl (C=O) groups excluding carboxylic acids is 1. The van der Waals surface area contributed by atoms with Gasteiger partial charge in [0.1, 0.15) is 11.3 Å². The van der Waals surface area contributed by atoms with Crippen molar-refractivity contribution in [2.75, 3.05) is 18.5 Å². The molecule has 13 nitrogen and oxygen atoms in total. The van der Waals surface area contributed by atoms with Crippen molar-refractivity contribution in [1.29, 1.82) is 0 Å². The van der Waals surface area contributed by atoms with Gasteiger partial charge in [0, 0.05) is 25.5 Å². The van der Waals surface area contributed by atoms with Crippen LogP contribution in [0.25, 0.3) is 0 Å². The molecule has 0 spiro atoms. The van der Waals surface area contributed by atoms with Gasteiger partial charge in [0.05, 0.1) is 22.4 Å². The predicted molar refractivity (Wildman–Crippen MR) is 143 cm³/mol. The van der Waals surface area contributed by atoms with Crippen LogP contribution in [-0.2, 0) is 24.1 Å². The lowest BCUT2D eigenvalue weighted by molar-refractivity contribution is -0.136. The molecule has 3 heterocycles. The second kappa shape index (κ2) is 11.9. The third-order valence-corrected chi connectivity index (χ3v) is 9.53. The second-order valence-corrected chi connectivity index (χ2v) is 12.6. The molecule has 1 saturated carbocycles. The van der Waals surface area contributed by atoms with Crippen LogP contribution in [0.5, 0.6) is 10.8 Å². The zero-order valence-corrected chi connectivity index (χ0v) is 23.0. The highest BCUT2D eigenvalue weighted by Crippen LogP contribution is 2.36. The van der Waals surface area contributed by atoms with Crippen molar-refractivity contribution < 1.29 is 47.2 Å². The van der Waals surface area contributed by atoms with E-state index < -0.39 is 45.0 Å². The number of carboxylic acids is 2. The zero-order valence-electron chi connectivity index (χ0n) is 21.4. The van der Waals surface area contributed by atoms with E-state index in [1.165, 1.54) is 24.4 Å². The number of rotatable bonds is 11. The smallest absolute Gasteiger partial charge is 0.355 e. The minimum Gasteiger partial charge on any atom is -0.477 e. The van der Waals surface area contributed by atoms with E-state index in [9.17, 15) is 33.0 Å². The number of amides is 1. The normalized spacial score (nSPS) is 16.6. The number of hydrogen-bond donors (Lipinski definition) is 3. The molecule has 3 aromatic rings. The van der Waals surface area contributed by atoms with E-state index in [1.807, 2.05) is 0 Å². The molecule has 2 aliphatic rings. The monoisotopic (exact) mass is 603 g/mol.